The third-order valence-corrected chi connectivity index (χ3v) is 7.30. The fourth-order valence-electron chi connectivity index (χ4n) is 3.94. The molecule has 2 aliphatic heterocycles. The summed E-state index contributed by atoms with van der Waals surface area (Å²) in [4.78, 5) is 53.8. The van der Waals surface area contributed by atoms with Crippen molar-refractivity contribution in [3.05, 3.63) is 54.6 Å². The second-order valence-electron chi connectivity index (χ2n) is 7.67. The van der Waals surface area contributed by atoms with E-state index >= 15 is 0 Å². The van der Waals surface area contributed by atoms with Gasteiger partial charge in [0, 0.05) is 5.69 Å². The lowest BCUT2D eigenvalue weighted by molar-refractivity contribution is -0.140. The number of ether oxygens (including phenoxy) is 1. The monoisotopic (exact) mass is 471 g/mol. The zero-order chi connectivity index (χ0) is 23.8. The van der Waals surface area contributed by atoms with Crippen LogP contribution in [0.3, 0.4) is 0 Å². The summed E-state index contributed by atoms with van der Waals surface area (Å²) in [6.07, 6.45) is 0.238. The number of rotatable bonds is 6. The summed E-state index contributed by atoms with van der Waals surface area (Å²) in [5.41, 5.74) is 0.609. The number of methoxy groups -OCH3 is 1. The minimum atomic E-state index is -3.30. The third kappa shape index (κ3) is 4.31. The Labute approximate surface area is 190 Å². The quantitative estimate of drug-likeness (QED) is 0.459. The number of benzene rings is 2. The summed E-state index contributed by atoms with van der Waals surface area (Å²) in [5, 5.41) is 0. The predicted molar refractivity (Wildman–Crippen MR) is 119 cm³/mol. The normalized spacial score (nSPS) is 19.8. The van der Waals surface area contributed by atoms with Crippen molar-refractivity contribution in [3.63, 3.8) is 0 Å². The number of nitrogens with zero attached hydrogens (tertiary/aromatic N) is 3. The first-order valence-electron chi connectivity index (χ1n) is 10.1. The first-order chi connectivity index (χ1) is 15.7. The van der Waals surface area contributed by atoms with Gasteiger partial charge in [0.15, 0.2) is 9.84 Å². The van der Waals surface area contributed by atoms with Crippen LogP contribution in [0.2, 0.25) is 0 Å². The Kier molecular flexibility index (Phi) is 5.90. The molecule has 0 saturated carbocycles. The Hall–Kier alpha value is -3.73. The van der Waals surface area contributed by atoms with Crippen molar-refractivity contribution in [1.29, 1.82) is 0 Å². The van der Waals surface area contributed by atoms with Crippen LogP contribution in [0.25, 0.3) is 0 Å². The first kappa shape index (κ1) is 22.5. The lowest BCUT2D eigenvalue weighted by Gasteiger charge is -2.29. The maximum Gasteiger partial charge on any atom is 0.339 e. The highest BCUT2D eigenvalue weighted by molar-refractivity contribution is 7.91. The molecular formula is C22H21N3O7S. The van der Waals surface area contributed by atoms with Gasteiger partial charge in [0.05, 0.1) is 30.3 Å². The fraction of sp³-hybridized carbons (Fsp3) is 0.273. The fourth-order valence-corrected chi connectivity index (χ4v) is 5.64. The molecule has 0 N–H and O–H groups in total. The number of hydrogen-bond donors (Lipinski definition) is 0. The van der Waals surface area contributed by atoms with Gasteiger partial charge >= 0.3 is 17.8 Å². The van der Waals surface area contributed by atoms with Crippen LogP contribution in [0.4, 0.5) is 16.2 Å². The van der Waals surface area contributed by atoms with Crippen LogP contribution in [-0.4, -0.2) is 68.3 Å². The lowest BCUT2D eigenvalue weighted by atomic mass is 10.1. The van der Waals surface area contributed by atoms with Gasteiger partial charge in [-0.1, -0.05) is 18.2 Å². The highest BCUT2D eigenvalue weighted by Gasteiger charge is 2.47. The maximum atomic E-state index is 13.3. The van der Waals surface area contributed by atoms with Gasteiger partial charge in [0.1, 0.15) is 12.3 Å². The molecule has 2 aromatic rings. The summed E-state index contributed by atoms with van der Waals surface area (Å²) < 4.78 is 29.1. The molecule has 172 valence electrons. The van der Waals surface area contributed by atoms with Crippen LogP contribution in [0.15, 0.2) is 54.6 Å². The van der Waals surface area contributed by atoms with E-state index in [0.29, 0.717) is 21.2 Å². The molecule has 0 radical (unpaired) electrons. The Morgan fingerprint density at radius 3 is 2.27 bits per heavy atom. The minimum absolute atomic E-state index is 0.0560. The second kappa shape index (κ2) is 8.66. The van der Waals surface area contributed by atoms with Crippen molar-refractivity contribution < 1.29 is 32.3 Å². The molecule has 0 aliphatic carbocycles. The summed E-state index contributed by atoms with van der Waals surface area (Å²) >= 11 is 0. The van der Waals surface area contributed by atoms with E-state index in [4.69, 9.17) is 4.74 Å². The van der Waals surface area contributed by atoms with Gasteiger partial charge in [-0.05, 0) is 42.8 Å². The summed E-state index contributed by atoms with van der Waals surface area (Å²) in [6, 6.07) is 12.8. The minimum Gasteiger partial charge on any atom is -0.497 e. The lowest BCUT2D eigenvalue weighted by Crippen LogP contribution is -2.48. The molecule has 1 atom stereocenters. The van der Waals surface area contributed by atoms with Gasteiger partial charge in [-0.25, -0.2) is 23.0 Å². The van der Waals surface area contributed by atoms with Crippen molar-refractivity contribution >= 4 is 45.0 Å². The van der Waals surface area contributed by atoms with Gasteiger partial charge in [-0.15, -0.1) is 0 Å². The van der Waals surface area contributed by atoms with Gasteiger partial charge in [0.2, 0.25) is 5.91 Å². The number of anilines is 2. The molecule has 0 aromatic heterocycles. The van der Waals surface area contributed by atoms with Crippen molar-refractivity contribution in [2.24, 2.45) is 0 Å². The van der Waals surface area contributed by atoms with Gasteiger partial charge in [0.25, 0.3) is 0 Å². The topological polar surface area (TPSA) is 121 Å². The molecule has 0 spiro atoms. The largest absolute Gasteiger partial charge is 0.497 e. The molecule has 0 bridgehead atoms. The molecule has 2 aliphatic rings. The van der Waals surface area contributed by atoms with Crippen molar-refractivity contribution in [2.75, 3.05) is 35.0 Å². The van der Waals surface area contributed by atoms with E-state index < -0.39 is 46.2 Å². The van der Waals surface area contributed by atoms with Crippen LogP contribution >= 0.6 is 0 Å². The molecule has 4 rings (SSSR count). The highest BCUT2D eigenvalue weighted by Crippen LogP contribution is 2.27. The number of imide groups is 2. The van der Waals surface area contributed by atoms with E-state index in [1.54, 1.807) is 30.3 Å². The zero-order valence-corrected chi connectivity index (χ0v) is 18.5. The van der Waals surface area contributed by atoms with E-state index in [1.807, 2.05) is 0 Å². The van der Waals surface area contributed by atoms with E-state index in [2.05, 4.69) is 0 Å². The second-order valence-corrected chi connectivity index (χ2v) is 9.90. The number of amides is 5. The summed E-state index contributed by atoms with van der Waals surface area (Å²) in [6.45, 7) is -0.693. The Bertz CT molecular complexity index is 1210. The average Bonchev–Trinajstić information content (AvgIpc) is 3.26. The van der Waals surface area contributed by atoms with Crippen LogP contribution in [0.1, 0.15) is 6.42 Å². The van der Waals surface area contributed by atoms with E-state index in [1.165, 1.54) is 36.3 Å². The summed E-state index contributed by atoms with van der Waals surface area (Å²) in [5.74, 6) is -2.63. The molecule has 33 heavy (non-hydrogen) atoms. The molecule has 2 aromatic carbocycles. The molecule has 10 nitrogen and oxygen atoms in total. The molecule has 2 heterocycles. The number of sulfone groups is 1. The molecule has 2 fully saturated rings. The Morgan fingerprint density at radius 1 is 1.03 bits per heavy atom. The zero-order valence-electron chi connectivity index (χ0n) is 17.7. The number of urea groups is 1. The van der Waals surface area contributed by atoms with Crippen LogP contribution in [-0.2, 0) is 24.2 Å². The molecule has 11 heteroatoms. The summed E-state index contributed by atoms with van der Waals surface area (Å²) in [7, 11) is -1.84. The van der Waals surface area contributed by atoms with Crippen molar-refractivity contribution in [3.8, 4) is 5.75 Å². The number of para-hydroxylation sites is 1. The van der Waals surface area contributed by atoms with E-state index in [-0.39, 0.29) is 23.6 Å². The van der Waals surface area contributed by atoms with E-state index in [9.17, 15) is 27.6 Å². The highest BCUT2D eigenvalue weighted by atomic mass is 32.2. The number of carbonyl (C=O) groups is 4. The average molecular weight is 471 g/mol. The van der Waals surface area contributed by atoms with Gasteiger partial charge in [-0.2, -0.15) is 0 Å². The molecule has 2 saturated heterocycles. The number of hydrogen-bond acceptors (Lipinski definition) is 7. The predicted octanol–water partition coefficient (Wildman–Crippen LogP) is 1.21. The standard InChI is InChI=1S/C22H21N3O7S/c1-32-18-9-7-16(8-10-18)25-21(28)20(27)23(22(25)29)13-19(26)24(15-5-3-2-4-6-15)17-11-12-33(30,31)14-17/h2-10,17H,11-14H2,1H3/t17-/m1/s1. The van der Waals surface area contributed by atoms with Gasteiger partial charge in [-0.3, -0.25) is 14.4 Å². The van der Waals surface area contributed by atoms with Gasteiger partial charge < -0.3 is 9.64 Å². The van der Waals surface area contributed by atoms with Crippen molar-refractivity contribution in [2.45, 2.75) is 12.5 Å². The van der Waals surface area contributed by atoms with Crippen LogP contribution in [0, 0.1) is 0 Å². The SMILES string of the molecule is COc1ccc(N2C(=O)C(=O)N(CC(=O)N(c3ccccc3)[C@@H]3CCS(=O)(=O)C3)C2=O)cc1. The Balaban J connectivity index is 1.59. The maximum absolute atomic E-state index is 13.3. The van der Waals surface area contributed by atoms with E-state index in [0.717, 1.165) is 0 Å². The molecule has 5 amide bonds. The smallest absolute Gasteiger partial charge is 0.339 e. The Morgan fingerprint density at radius 2 is 1.70 bits per heavy atom. The third-order valence-electron chi connectivity index (χ3n) is 5.55. The molecular weight excluding hydrogens is 450 g/mol. The molecule has 0 unspecified atom stereocenters. The number of carbonyl (C=O) groups excluding carboxylic acids is 4. The van der Waals surface area contributed by atoms with Crippen LogP contribution < -0.4 is 14.5 Å². The van der Waals surface area contributed by atoms with Crippen molar-refractivity contribution in [1.82, 2.24) is 4.90 Å². The van der Waals surface area contributed by atoms with Crippen LogP contribution in [0.5, 0.6) is 5.75 Å². The first-order valence-corrected chi connectivity index (χ1v) is 12.0.